The first kappa shape index (κ1) is 23.0. The van der Waals surface area contributed by atoms with Gasteiger partial charge in [-0.3, -0.25) is 9.98 Å². The summed E-state index contributed by atoms with van der Waals surface area (Å²) in [7, 11) is 1.67. The molecule has 150 valence electrons. The zero-order valence-electron chi connectivity index (χ0n) is 15.6. The summed E-state index contributed by atoms with van der Waals surface area (Å²) in [5.41, 5.74) is 3.13. The van der Waals surface area contributed by atoms with E-state index in [1.54, 1.807) is 13.3 Å². The van der Waals surface area contributed by atoms with E-state index in [2.05, 4.69) is 26.1 Å². The molecule has 2 aromatic carbocycles. The topological polar surface area (TPSA) is 52.3 Å². The Morgan fingerprint density at radius 2 is 1.72 bits per heavy atom. The van der Waals surface area contributed by atoms with Gasteiger partial charge in [0.15, 0.2) is 5.82 Å². The molecule has 0 N–H and O–H groups in total. The van der Waals surface area contributed by atoms with Gasteiger partial charge < -0.3 is 4.74 Å². The van der Waals surface area contributed by atoms with Gasteiger partial charge in [-0.1, -0.05) is 36.4 Å². The van der Waals surface area contributed by atoms with Crippen molar-refractivity contribution in [3.63, 3.8) is 0 Å². The molecule has 0 saturated carbocycles. The molecule has 0 saturated heterocycles. The lowest BCUT2D eigenvalue weighted by Gasteiger charge is -2.07. The lowest BCUT2D eigenvalue weighted by molar-refractivity contribution is 0.415. The van der Waals surface area contributed by atoms with Gasteiger partial charge in [-0.05, 0) is 47.4 Å². The number of nitrogens with zero attached hydrogens (tertiary/aromatic N) is 4. The van der Waals surface area contributed by atoms with Crippen molar-refractivity contribution in [3.05, 3.63) is 89.5 Å². The molecule has 2 heterocycles. The van der Waals surface area contributed by atoms with Crippen molar-refractivity contribution >= 4 is 45.5 Å². The van der Waals surface area contributed by atoms with Gasteiger partial charge in [0.2, 0.25) is 4.80 Å². The van der Waals surface area contributed by atoms with Crippen molar-refractivity contribution in [1.29, 1.82) is 0 Å². The molecular weight excluding hydrogens is 516 g/mol. The van der Waals surface area contributed by atoms with Crippen LogP contribution in [0.1, 0.15) is 5.56 Å². The van der Waals surface area contributed by atoms with Crippen molar-refractivity contribution in [1.82, 2.24) is 13.9 Å². The van der Waals surface area contributed by atoms with Crippen molar-refractivity contribution in [2.24, 2.45) is 4.99 Å². The van der Waals surface area contributed by atoms with E-state index in [4.69, 9.17) is 9.72 Å². The minimum Gasteiger partial charge on any atom is -0.497 e. The first-order valence-corrected chi connectivity index (χ1v) is 9.30. The number of hydrogen-bond acceptors (Lipinski definition) is 5. The van der Waals surface area contributed by atoms with E-state index in [1.807, 2.05) is 60.8 Å². The van der Waals surface area contributed by atoms with E-state index in [0.29, 0.717) is 6.54 Å². The number of hydrogen-bond donors (Lipinski definition) is 0. The molecular formula is C21H20Br2N4OS. The van der Waals surface area contributed by atoms with Crippen molar-refractivity contribution in [2.45, 2.75) is 6.54 Å². The van der Waals surface area contributed by atoms with Crippen LogP contribution in [-0.2, 0) is 6.54 Å². The molecule has 4 aromatic rings. The molecule has 0 atom stereocenters. The normalized spacial score (nSPS) is 10.7. The molecule has 0 unspecified atom stereocenters. The number of methoxy groups -OCH3 is 1. The number of benzene rings is 2. The van der Waals surface area contributed by atoms with Crippen LogP contribution in [0, 0.1) is 0 Å². The summed E-state index contributed by atoms with van der Waals surface area (Å²) in [6.07, 6.45) is 3.59. The van der Waals surface area contributed by atoms with Crippen LogP contribution in [0.2, 0.25) is 0 Å². The van der Waals surface area contributed by atoms with Crippen LogP contribution in [0.5, 0.6) is 5.75 Å². The molecule has 0 aliphatic carbocycles. The quantitative estimate of drug-likeness (QED) is 0.350. The Morgan fingerprint density at radius 1 is 0.966 bits per heavy atom. The molecule has 0 aliphatic heterocycles. The number of pyridine rings is 1. The zero-order valence-corrected chi connectivity index (χ0v) is 19.9. The molecule has 0 spiro atoms. The minimum atomic E-state index is 0. The van der Waals surface area contributed by atoms with E-state index in [-0.39, 0.29) is 34.0 Å². The smallest absolute Gasteiger partial charge is 0.223 e. The van der Waals surface area contributed by atoms with Gasteiger partial charge in [0.1, 0.15) is 5.75 Å². The van der Waals surface area contributed by atoms with Crippen LogP contribution < -0.4 is 9.54 Å². The van der Waals surface area contributed by atoms with Gasteiger partial charge in [0.25, 0.3) is 0 Å². The Hall–Kier alpha value is -2.29. The highest BCUT2D eigenvalue weighted by molar-refractivity contribution is 8.93. The Kier molecular flexibility index (Phi) is 8.75. The van der Waals surface area contributed by atoms with Crippen LogP contribution in [0.4, 0.5) is 0 Å². The Balaban J connectivity index is 0.00000150. The SMILES string of the molecule is Br.Br.COc1ccc(-n2sc(=NCc3cccnc3)nc2-c2ccccc2)cc1. The molecule has 5 nitrogen and oxygen atoms in total. The van der Waals surface area contributed by atoms with E-state index in [9.17, 15) is 0 Å². The lowest BCUT2D eigenvalue weighted by Crippen LogP contribution is -1.99. The summed E-state index contributed by atoms with van der Waals surface area (Å²) in [6.45, 7) is 0.554. The number of rotatable bonds is 5. The Labute approximate surface area is 194 Å². The molecule has 0 amide bonds. The zero-order chi connectivity index (χ0) is 18.5. The third kappa shape index (κ3) is 5.62. The standard InChI is InChI=1S/C21H18N4OS.2BrH/c1-26-19-11-9-18(10-12-19)25-20(17-7-3-2-4-8-17)24-21(27-25)23-15-16-6-5-13-22-14-16;;/h2-14H,15H2,1H3;2*1H. The largest absolute Gasteiger partial charge is 0.497 e. The highest BCUT2D eigenvalue weighted by atomic mass is 79.9. The second kappa shape index (κ2) is 11.0. The van der Waals surface area contributed by atoms with Gasteiger partial charge in [-0.2, -0.15) is 4.98 Å². The molecule has 4 rings (SSSR count). The molecule has 0 bridgehead atoms. The monoisotopic (exact) mass is 534 g/mol. The fourth-order valence-corrected chi connectivity index (χ4v) is 3.53. The van der Waals surface area contributed by atoms with Crippen molar-refractivity contribution < 1.29 is 4.74 Å². The van der Waals surface area contributed by atoms with Crippen molar-refractivity contribution in [3.8, 4) is 22.8 Å². The second-order valence-electron chi connectivity index (χ2n) is 5.85. The molecule has 0 radical (unpaired) electrons. The first-order valence-electron chi connectivity index (χ1n) is 8.53. The van der Waals surface area contributed by atoms with Gasteiger partial charge >= 0.3 is 0 Å². The van der Waals surface area contributed by atoms with Gasteiger partial charge in [0.05, 0.1) is 19.3 Å². The van der Waals surface area contributed by atoms with E-state index >= 15 is 0 Å². The maximum absolute atomic E-state index is 5.27. The van der Waals surface area contributed by atoms with Crippen LogP contribution in [0.25, 0.3) is 17.1 Å². The lowest BCUT2D eigenvalue weighted by atomic mass is 10.2. The third-order valence-corrected chi connectivity index (χ3v) is 4.98. The van der Waals surface area contributed by atoms with Crippen LogP contribution in [0.3, 0.4) is 0 Å². The second-order valence-corrected chi connectivity index (χ2v) is 6.76. The number of halogens is 2. The maximum Gasteiger partial charge on any atom is 0.223 e. The third-order valence-electron chi connectivity index (χ3n) is 4.03. The molecule has 29 heavy (non-hydrogen) atoms. The van der Waals surface area contributed by atoms with Gasteiger partial charge in [-0.15, -0.1) is 34.0 Å². The van der Waals surface area contributed by atoms with Gasteiger partial charge in [0, 0.05) is 18.0 Å². The Bertz CT molecular complexity index is 1080. The summed E-state index contributed by atoms with van der Waals surface area (Å²) in [5, 5.41) is 0. The summed E-state index contributed by atoms with van der Waals surface area (Å²) >= 11 is 1.52. The highest BCUT2D eigenvalue weighted by Gasteiger charge is 2.11. The average molecular weight is 536 g/mol. The first-order chi connectivity index (χ1) is 13.3. The summed E-state index contributed by atoms with van der Waals surface area (Å²) < 4.78 is 7.36. The van der Waals surface area contributed by atoms with Crippen LogP contribution in [0.15, 0.2) is 84.1 Å². The molecule has 0 fully saturated rings. The van der Waals surface area contributed by atoms with Crippen LogP contribution >= 0.6 is 45.5 Å². The van der Waals surface area contributed by atoms with E-state index < -0.39 is 0 Å². The predicted octanol–water partition coefficient (Wildman–Crippen LogP) is 5.26. The molecule has 2 aromatic heterocycles. The van der Waals surface area contributed by atoms with E-state index in [1.165, 1.54) is 11.5 Å². The number of ether oxygens (including phenoxy) is 1. The van der Waals surface area contributed by atoms with Crippen molar-refractivity contribution in [2.75, 3.05) is 7.11 Å². The number of aromatic nitrogens is 3. The molecule has 8 heteroatoms. The summed E-state index contributed by atoms with van der Waals surface area (Å²) in [5.74, 6) is 1.70. The maximum atomic E-state index is 5.27. The fraction of sp³-hybridized carbons (Fsp3) is 0.0952. The fourth-order valence-electron chi connectivity index (χ4n) is 2.66. The summed E-state index contributed by atoms with van der Waals surface area (Å²) in [4.78, 5) is 14.3. The van der Waals surface area contributed by atoms with Gasteiger partial charge in [-0.25, -0.2) is 3.96 Å². The Morgan fingerprint density at radius 3 is 2.38 bits per heavy atom. The molecule has 0 aliphatic rings. The highest BCUT2D eigenvalue weighted by Crippen LogP contribution is 2.23. The average Bonchev–Trinajstić information content (AvgIpc) is 3.18. The minimum absolute atomic E-state index is 0. The summed E-state index contributed by atoms with van der Waals surface area (Å²) in [6, 6.07) is 22.0. The predicted molar refractivity (Wildman–Crippen MR) is 128 cm³/mol. The van der Waals surface area contributed by atoms with E-state index in [0.717, 1.165) is 33.2 Å². The van der Waals surface area contributed by atoms with Crippen LogP contribution in [-0.4, -0.2) is 21.0 Å².